The van der Waals surface area contributed by atoms with Gasteiger partial charge in [0.1, 0.15) is 23.6 Å². The average molecular weight is 489 g/mol. The molecule has 2 fully saturated rings. The monoisotopic (exact) mass is 488 g/mol. The molecule has 8 heteroatoms. The summed E-state index contributed by atoms with van der Waals surface area (Å²) in [6.45, 7) is 6.60. The number of aryl methyl sites for hydroxylation is 1. The van der Waals surface area contributed by atoms with E-state index in [4.69, 9.17) is 0 Å². The number of carbonyl (C=O) groups excluding carboxylic acids is 2. The Hall–Kier alpha value is -3.10. The van der Waals surface area contributed by atoms with Gasteiger partial charge in [0.05, 0.1) is 17.5 Å². The van der Waals surface area contributed by atoms with E-state index in [0.717, 1.165) is 62.8 Å². The van der Waals surface area contributed by atoms with E-state index in [9.17, 15) is 9.59 Å². The van der Waals surface area contributed by atoms with Crippen LogP contribution in [0.4, 0.5) is 5.82 Å². The van der Waals surface area contributed by atoms with E-state index in [0.29, 0.717) is 47.3 Å². The van der Waals surface area contributed by atoms with Crippen LogP contribution in [-0.2, 0) is 4.79 Å². The van der Waals surface area contributed by atoms with Gasteiger partial charge in [-0.1, -0.05) is 24.3 Å². The lowest BCUT2D eigenvalue weighted by molar-refractivity contribution is -0.121. The van der Waals surface area contributed by atoms with Gasteiger partial charge in [-0.25, -0.2) is 9.97 Å². The van der Waals surface area contributed by atoms with Gasteiger partial charge in [0.2, 0.25) is 0 Å². The molecule has 3 heterocycles. The third-order valence-corrected chi connectivity index (χ3v) is 7.80. The van der Waals surface area contributed by atoms with Gasteiger partial charge >= 0.3 is 0 Å². The Kier molecular flexibility index (Phi) is 7.43. The molecule has 0 spiro atoms. The molecule has 0 bridgehead atoms. The Morgan fingerprint density at radius 2 is 1.78 bits per heavy atom. The number of piperazine rings is 1. The minimum Gasteiger partial charge on any atom is -0.367 e. The van der Waals surface area contributed by atoms with Crippen molar-refractivity contribution >= 4 is 28.4 Å². The van der Waals surface area contributed by atoms with E-state index in [-0.39, 0.29) is 11.8 Å². The highest BCUT2D eigenvalue weighted by molar-refractivity contribution is 6.18. The second-order valence-corrected chi connectivity index (χ2v) is 10.5. The van der Waals surface area contributed by atoms with Crippen molar-refractivity contribution in [1.82, 2.24) is 24.8 Å². The van der Waals surface area contributed by atoms with Crippen molar-refractivity contribution < 1.29 is 9.59 Å². The third-order valence-electron chi connectivity index (χ3n) is 7.80. The zero-order valence-electron chi connectivity index (χ0n) is 21.3. The smallest absolute Gasteiger partial charge is 0.195 e. The van der Waals surface area contributed by atoms with Crippen LogP contribution in [0.25, 0.3) is 11.0 Å². The van der Waals surface area contributed by atoms with Crippen LogP contribution in [0, 0.1) is 12.8 Å². The molecule has 1 aliphatic heterocycles. The molecular formula is C28H36N6O2. The van der Waals surface area contributed by atoms with E-state index < -0.39 is 0 Å². The normalized spacial score (nSPS) is 21.5. The molecule has 2 N–H and O–H groups in total. The zero-order valence-corrected chi connectivity index (χ0v) is 21.3. The predicted octanol–water partition coefficient (Wildman–Crippen LogP) is 3.67. The number of carbonyl (C=O) groups is 2. The van der Waals surface area contributed by atoms with Crippen LogP contribution in [-0.4, -0.2) is 82.1 Å². The van der Waals surface area contributed by atoms with E-state index in [1.54, 1.807) is 6.20 Å². The van der Waals surface area contributed by atoms with Crippen molar-refractivity contribution in [1.29, 1.82) is 0 Å². The molecule has 36 heavy (non-hydrogen) atoms. The Bertz CT molecular complexity index is 1220. The maximum absolute atomic E-state index is 13.4. The summed E-state index contributed by atoms with van der Waals surface area (Å²) >= 11 is 0. The summed E-state index contributed by atoms with van der Waals surface area (Å²) in [4.78, 5) is 42.6. The zero-order chi connectivity index (χ0) is 25.1. The van der Waals surface area contributed by atoms with Crippen molar-refractivity contribution in [3.05, 3.63) is 53.5 Å². The van der Waals surface area contributed by atoms with Crippen LogP contribution >= 0.6 is 0 Å². The minimum absolute atomic E-state index is 0.0280. The number of aromatic nitrogens is 3. The molecule has 2 aromatic heterocycles. The van der Waals surface area contributed by atoms with Gasteiger partial charge in [-0.3, -0.25) is 14.5 Å². The number of ketones is 2. The number of hydrogen-bond acceptors (Lipinski definition) is 7. The highest BCUT2D eigenvalue weighted by Crippen LogP contribution is 2.32. The van der Waals surface area contributed by atoms with Crippen molar-refractivity contribution in [3.8, 4) is 0 Å². The minimum atomic E-state index is -0.0280. The van der Waals surface area contributed by atoms with Gasteiger partial charge in [0.25, 0.3) is 0 Å². The summed E-state index contributed by atoms with van der Waals surface area (Å²) in [5, 5.41) is 4.34. The molecule has 1 saturated carbocycles. The number of fused-ring (bicyclic) bond motifs is 1. The standard InChI is InChI=1S/C28H36N6O2/c1-19-5-3-4-6-23(19)26(36)24-16-29-27-25(24)28(31-18-30-27)32-21-9-7-20(8-10-21)15-22(35)17-34-13-11-33(2)12-14-34/h3-6,16,18,20-21H,7-15,17H2,1-2H3,(H2,29,30,31,32). The topological polar surface area (TPSA) is 94.2 Å². The van der Waals surface area contributed by atoms with Crippen molar-refractivity contribution in [2.24, 2.45) is 5.92 Å². The van der Waals surface area contributed by atoms with Crippen molar-refractivity contribution in [2.45, 2.75) is 45.1 Å². The summed E-state index contributed by atoms with van der Waals surface area (Å²) < 4.78 is 0. The van der Waals surface area contributed by atoms with Crippen LogP contribution in [0.3, 0.4) is 0 Å². The van der Waals surface area contributed by atoms with Crippen LogP contribution in [0.15, 0.2) is 36.8 Å². The van der Waals surface area contributed by atoms with Gasteiger partial charge in [0, 0.05) is 50.4 Å². The number of hydrogen-bond donors (Lipinski definition) is 2. The maximum atomic E-state index is 13.4. The molecule has 0 atom stereocenters. The van der Waals surface area contributed by atoms with Crippen molar-refractivity contribution in [2.75, 3.05) is 45.1 Å². The lowest BCUT2D eigenvalue weighted by Gasteiger charge is -2.33. The SMILES string of the molecule is Cc1ccccc1C(=O)c1c[nH]c2ncnc(NC3CCC(CC(=O)CN4CCN(C)CC4)CC3)c12. The lowest BCUT2D eigenvalue weighted by Crippen LogP contribution is -2.46. The second-order valence-electron chi connectivity index (χ2n) is 10.5. The number of nitrogens with one attached hydrogen (secondary N) is 2. The van der Waals surface area contributed by atoms with Crippen LogP contribution in [0.2, 0.25) is 0 Å². The molecule has 3 aromatic rings. The Morgan fingerprint density at radius 1 is 1.03 bits per heavy atom. The molecule has 1 saturated heterocycles. The Labute approximate surface area is 212 Å². The van der Waals surface area contributed by atoms with Crippen LogP contribution in [0.5, 0.6) is 0 Å². The van der Waals surface area contributed by atoms with Crippen LogP contribution in [0.1, 0.15) is 53.6 Å². The highest BCUT2D eigenvalue weighted by atomic mass is 16.1. The van der Waals surface area contributed by atoms with E-state index in [1.165, 1.54) is 6.33 Å². The summed E-state index contributed by atoms with van der Waals surface area (Å²) in [5.41, 5.74) is 2.89. The van der Waals surface area contributed by atoms with E-state index in [2.05, 4.69) is 37.1 Å². The van der Waals surface area contributed by atoms with Crippen LogP contribution < -0.4 is 5.32 Å². The first-order valence-corrected chi connectivity index (χ1v) is 13.1. The first-order chi connectivity index (χ1) is 17.5. The van der Waals surface area contributed by atoms with Gasteiger partial charge < -0.3 is 15.2 Å². The summed E-state index contributed by atoms with van der Waals surface area (Å²) in [6, 6.07) is 7.90. The predicted molar refractivity (Wildman–Crippen MR) is 141 cm³/mol. The van der Waals surface area contributed by atoms with Gasteiger partial charge in [0.15, 0.2) is 5.78 Å². The quantitative estimate of drug-likeness (QED) is 0.467. The molecule has 8 nitrogen and oxygen atoms in total. The average Bonchev–Trinajstić information content (AvgIpc) is 3.32. The molecule has 190 valence electrons. The molecule has 0 unspecified atom stereocenters. The summed E-state index contributed by atoms with van der Waals surface area (Å²) in [5.74, 6) is 1.51. The summed E-state index contributed by atoms with van der Waals surface area (Å²) in [6.07, 6.45) is 8.00. The molecule has 0 amide bonds. The van der Waals surface area contributed by atoms with Gasteiger partial charge in [-0.2, -0.15) is 0 Å². The van der Waals surface area contributed by atoms with Crippen molar-refractivity contribution in [3.63, 3.8) is 0 Å². The number of aromatic amines is 1. The lowest BCUT2D eigenvalue weighted by atomic mass is 9.83. The van der Waals surface area contributed by atoms with E-state index in [1.807, 2.05) is 31.2 Å². The number of nitrogens with zero attached hydrogens (tertiary/aromatic N) is 4. The molecule has 1 aromatic carbocycles. The fourth-order valence-corrected chi connectivity index (χ4v) is 5.57. The molecule has 2 aliphatic rings. The fraction of sp³-hybridized carbons (Fsp3) is 0.500. The first-order valence-electron chi connectivity index (χ1n) is 13.1. The molecular weight excluding hydrogens is 452 g/mol. The number of Topliss-reactive ketones (excluding diaryl/α,β-unsaturated/α-hetero) is 1. The number of rotatable bonds is 8. The van der Waals surface area contributed by atoms with Gasteiger partial charge in [-0.15, -0.1) is 0 Å². The number of likely N-dealkylation sites (N-methyl/N-ethyl adjacent to an activating group) is 1. The third kappa shape index (κ3) is 5.50. The number of benzene rings is 1. The number of anilines is 1. The maximum Gasteiger partial charge on any atom is 0.195 e. The largest absolute Gasteiger partial charge is 0.367 e. The highest BCUT2D eigenvalue weighted by Gasteiger charge is 2.26. The summed E-state index contributed by atoms with van der Waals surface area (Å²) in [7, 11) is 2.14. The first kappa shape index (κ1) is 24.6. The number of H-pyrrole nitrogens is 1. The molecule has 1 aliphatic carbocycles. The Morgan fingerprint density at radius 3 is 2.53 bits per heavy atom. The second kappa shape index (κ2) is 10.9. The van der Waals surface area contributed by atoms with Gasteiger partial charge in [-0.05, 0) is 51.1 Å². The van der Waals surface area contributed by atoms with E-state index >= 15 is 0 Å². The molecule has 0 radical (unpaired) electrons. The molecule has 5 rings (SSSR count). The Balaban J connectivity index is 1.20. The fourth-order valence-electron chi connectivity index (χ4n) is 5.57.